The van der Waals surface area contributed by atoms with Crippen LogP contribution in [-0.2, 0) is 13.5 Å². The Kier molecular flexibility index (Phi) is 4.21. The van der Waals surface area contributed by atoms with Gasteiger partial charge >= 0.3 is 5.69 Å². The highest BCUT2D eigenvalue weighted by molar-refractivity contribution is 5.59. The molecule has 112 valence electrons. The predicted octanol–water partition coefficient (Wildman–Crippen LogP) is 2.82. The Bertz CT molecular complexity index is 669. The molecule has 7 heteroatoms. The number of anilines is 1. The number of hydrogen-bond donors (Lipinski definition) is 1. The second-order valence-corrected chi connectivity index (χ2v) is 5.04. The molecule has 0 saturated heterocycles. The Hall–Kier alpha value is -2.44. The first-order valence-electron chi connectivity index (χ1n) is 6.57. The molecule has 0 amide bonds. The monoisotopic (exact) mass is 292 g/mol. The van der Waals surface area contributed by atoms with E-state index in [0.717, 1.165) is 5.56 Å². The molecule has 21 heavy (non-hydrogen) atoms. The molecular formula is C14H17FN4O2. The number of benzene rings is 1. The molecule has 1 aromatic heterocycles. The summed E-state index contributed by atoms with van der Waals surface area (Å²) in [6, 6.07) is 6.22. The molecule has 1 N–H and O–H groups in total. The van der Waals surface area contributed by atoms with Crippen molar-refractivity contribution in [3.05, 3.63) is 51.5 Å². The molecule has 1 atom stereocenters. The number of rotatable bonds is 5. The van der Waals surface area contributed by atoms with Crippen LogP contribution in [0.2, 0.25) is 0 Å². The fourth-order valence-electron chi connectivity index (χ4n) is 2.33. The van der Waals surface area contributed by atoms with E-state index in [0.29, 0.717) is 17.9 Å². The van der Waals surface area contributed by atoms with Gasteiger partial charge in [-0.2, -0.15) is 5.10 Å². The van der Waals surface area contributed by atoms with E-state index in [1.54, 1.807) is 20.0 Å². The third-order valence-electron chi connectivity index (χ3n) is 3.19. The summed E-state index contributed by atoms with van der Waals surface area (Å²) in [4.78, 5) is 10.7. The zero-order chi connectivity index (χ0) is 15.6. The summed E-state index contributed by atoms with van der Waals surface area (Å²) in [5, 5.41) is 18.2. The molecule has 0 aliphatic heterocycles. The summed E-state index contributed by atoms with van der Waals surface area (Å²) >= 11 is 0. The average Bonchev–Trinajstić information content (AvgIpc) is 2.63. The van der Waals surface area contributed by atoms with E-state index in [1.807, 2.05) is 13.0 Å². The zero-order valence-electron chi connectivity index (χ0n) is 12.1. The largest absolute Gasteiger partial charge is 0.362 e. The van der Waals surface area contributed by atoms with E-state index in [9.17, 15) is 14.5 Å². The molecule has 0 spiro atoms. The maximum absolute atomic E-state index is 13.2. The van der Waals surface area contributed by atoms with Crippen molar-refractivity contribution in [2.24, 2.45) is 7.05 Å². The standard InChI is InChI=1S/C14H17FN4O2/c1-9(7-11-5-4-6-12(15)8-11)16-14-13(19(20)21)10(2)17-18(14)3/h4-6,8-9,16H,7H2,1-3H3. The quantitative estimate of drug-likeness (QED) is 0.679. The Labute approximate surface area is 121 Å². The topological polar surface area (TPSA) is 73.0 Å². The number of nitrogens with one attached hydrogen (secondary N) is 1. The summed E-state index contributed by atoms with van der Waals surface area (Å²) in [7, 11) is 1.65. The lowest BCUT2D eigenvalue weighted by Gasteiger charge is -2.14. The highest BCUT2D eigenvalue weighted by Gasteiger charge is 2.24. The number of hydrogen-bond acceptors (Lipinski definition) is 4. The van der Waals surface area contributed by atoms with E-state index >= 15 is 0 Å². The summed E-state index contributed by atoms with van der Waals surface area (Å²) in [6.07, 6.45) is 0.555. The lowest BCUT2D eigenvalue weighted by molar-refractivity contribution is -0.384. The normalized spacial score (nSPS) is 12.2. The fourth-order valence-corrected chi connectivity index (χ4v) is 2.33. The van der Waals surface area contributed by atoms with Crippen LogP contribution in [0.4, 0.5) is 15.9 Å². The van der Waals surface area contributed by atoms with Crippen molar-refractivity contribution in [3.63, 3.8) is 0 Å². The first-order valence-corrected chi connectivity index (χ1v) is 6.57. The van der Waals surface area contributed by atoms with Crippen molar-refractivity contribution < 1.29 is 9.31 Å². The van der Waals surface area contributed by atoms with Gasteiger partial charge in [-0.3, -0.25) is 10.1 Å². The van der Waals surface area contributed by atoms with Gasteiger partial charge in [0.15, 0.2) is 0 Å². The van der Waals surface area contributed by atoms with Crippen molar-refractivity contribution >= 4 is 11.5 Å². The first kappa shape index (κ1) is 15.0. The van der Waals surface area contributed by atoms with Crippen LogP contribution < -0.4 is 5.32 Å². The van der Waals surface area contributed by atoms with Gasteiger partial charge < -0.3 is 5.32 Å². The van der Waals surface area contributed by atoms with E-state index in [4.69, 9.17) is 0 Å². The SMILES string of the molecule is Cc1nn(C)c(NC(C)Cc2cccc(F)c2)c1[N+](=O)[O-]. The lowest BCUT2D eigenvalue weighted by Crippen LogP contribution is -2.20. The number of nitrogens with zero attached hydrogens (tertiary/aromatic N) is 3. The van der Waals surface area contributed by atoms with Gasteiger partial charge in [0.25, 0.3) is 0 Å². The number of halogens is 1. The first-order chi connectivity index (χ1) is 9.88. The molecule has 0 aliphatic rings. The molecule has 0 saturated carbocycles. The molecule has 0 radical (unpaired) electrons. The second kappa shape index (κ2) is 5.90. The third-order valence-corrected chi connectivity index (χ3v) is 3.19. The van der Waals surface area contributed by atoms with E-state index in [-0.39, 0.29) is 17.5 Å². The van der Waals surface area contributed by atoms with Crippen LogP contribution in [0.5, 0.6) is 0 Å². The zero-order valence-corrected chi connectivity index (χ0v) is 12.1. The van der Waals surface area contributed by atoms with Gasteiger partial charge in [-0.1, -0.05) is 12.1 Å². The molecule has 1 heterocycles. The lowest BCUT2D eigenvalue weighted by atomic mass is 10.1. The van der Waals surface area contributed by atoms with Gasteiger partial charge in [-0.15, -0.1) is 0 Å². The van der Waals surface area contributed by atoms with Crippen LogP contribution in [-0.4, -0.2) is 20.7 Å². The smallest absolute Gasteiger partial charge is 0.333 e. The van der Waals surface area contributed by atoms with Gasteiger partial charge in [0.2, 0.25) is 5.82 Å². The van der Waals surface area contributed by atoms with Gasteiger partial charge in [0.1, 0.15) is 11.5 Å². The summed E-state index contributed by atoms with van der Waals surface area (Å²) < 4.78 is 14.6. The minimum Gasteiger partial charge on any atom is -0.362 e. The van der Waals surface area contributed by atoms with Gasteiger partial charge in [-0.05, 0) is 38.0 Å². The highest BCUT2D eigenvalue weighted by atomic mass is 19.1. The van der Waals surface area contributed by atoms with E-state index in [1.165, 1.54) is 16.8 Å². The Morgan fingerprint density at radius 3 is 2.86 bits per heavy atom. The van der Waals surface area contributed by atoms with E-state index < -0.39 is 4.92 Å². The summed E-state index contributed by atoms with van der Waals surface area (Å²) in [6.45, 7) is 3.48. The molecule has 2 aromatic rings. The predicted molar refractivity (Wildman–Crippen MR) is 77.8 cm³/mol. The van der Waals surface area contributed by atoms with Crippen LogP contribution >= 0.6 is 0 Å². The molecule has 0 bridgehead atoms. The van der Waals surface area contributed by atoms with Crippen LogP contribution in [0.15, 0.2) is 24.3 Å². The van der Waals surface area contributed by atoms with Crippen molar-refractivity contribution in [1.29, 1.82) is 0 Å². The maximum Gasteiger partial charge on any atom is 0.333 e. The molecule has 1 aromatic carbocycles. The highest BCUT2D eigenvalue weighted by Crippen LogP contribution is 2.28. The van der Waals surface area contributed by atoms with Crippen LogP contribution in [0, 0.1) is 22.9 Å². The van der Waals surface area contributed by atoms with Gasteiger partial charge in [-0.25, -0.2) is 9.07 Å². The van der Waals surface area contributed by atoms with Crippen LogP contribution in [0.25, 0.3) is 0 Å². The molecule has 2 rings (SSSR count). The number of aryl methyl sites for hydroxylation is 2. The Balaban J connectivity index is 2.16. The average molecular weight is 292 g/mol. The molecule has 6 nitrogen and oxygen atoms in total. The molecule has 0 fully saturated rings. The number of nitro groups is 1. The number of aromatic nitrogens is 2. The van der Waals surface area contributed by atoms with Crippen molar-refractivity contribution in [2.45, 2.75) is 26.3 Å². The van der Waals surface area contributed by atoms with Crippen molar-refractivity contribution in [1.82, 2.24) is 9.78 Å². The van der Waals surface area contributed by atoms with Crippen molar-refractivity contribution in [2.75, 3.05) is 5.32 Å². The van der Waals surface area contributed by atoms with Crippen molar-refractivity contribution in [3.8, 4) is 0 Å². The van der Waals surface area contributed by atoms with Gasteiger partial charge in [0, 0.05) is 13.1 Å². The summed E-state index contributed by atoms with van der Waals surface area (Å²) in [5.74, 6) is 0.0726. The van der Waals surface area contributed by atoms with Crippen LogP contribution in [0.1, 0.15) is 18.2 Å². The maximum atomic E-state index is 13.2. The molecular weight excluding hydrogens is 275 g/mol. The molecule has 1 unspecified atom stereocenters. The van der Waals surface area contributed by atoms with Crippen LogP contribution in [0.3, 0.4) is 0 Å². The third kappa shape index (κ3) is 3.36. The van der Waals surface area contributed by atoms with Gasteiger partial charge in [0.05, 0.1) is 4.92 Å². The second-order valence-electron chi connectivity index (χ2n) is 5.04. The minimum absolute atomic E-state index is 0.0245. The Morgan fingerprint density at radius 2 is 2.24 bits per heavy atom. The fraction of sp³-hybridized carbons (Fsp3) is 0.357. The molecule has 0 aliphatic carbocycles. The van der Waals surface area contributed by atoms with E-state index in [2.05, 4.69) is 10.4 Å². The minimum atomic E-state index is -0.445. The summed E-state index contributed by atoms with van der Waals surface area (Å²) in [5.41, 5.74) is 1.17. The Morgan fingerprint density at radius 1 is 1.52 bits per heavy atom.